The summed E-state index contributed by atoms with van der Waals surface area (Å²) < 4.78 is 5.70. The van der Waals surface area contributed by atoms with Crippen LogP contribution < -0.4 is 0 Å². The molecule has 0 atom stereocenters. The van der Waals surface area contributed by atoms with E-state index in [9.17, 15) is 0 Å². The first-order valence-corrected chi connectivity index (χ1v) is 5.22. The van der Waals surface area contributed by atoms with Gasteiger partial charge in [-0.15, -0.1) is 0 Å². The summed E-state index contributed by atoms with van der Waals surface area (Å²) in [5.74, 6) is 0. The Labute approximate surface area is 92.1 Å². The van der Waals surface area contributed by atoms with Gasteiger partial charge in [0.05, 0.1) is 11.4 Å². The third kappa shape index (κ3) is 3.55. The molecule has 0 amide bonds. The molecule has 3 nitrogen and oxygen atoms in total. The first kappa shape index (κ1) is 11.3. The lowest BCUT2D eigenvalue weighted by Gasteiger charge is -2.03. The molecule has 0 aliphatic heterocycles. The quantitative estimate of drug-likeness (QED) is 0.500. The third-order valence-electron chi connectivity index (χ3n) is 1.80. The normalized spacial score (nSPS) is 10.1. The van der Waals surface area contributed by atoms with Gasteiger partial charge in [-0.25, -0.2) is 4.98 Å². The Bertz CT molecular complexity index is 315. The van der Waals surface area contributed by atoms with E-state index in [1.165, 1.54) is 0 Å². The molecule has 1 N–H and O–H groups in total. The zero-order valence-corrected chi connectivity index (χ0v) is 9.67. The van der Waals surface area contributed by atoms with Crippen molar-refractivity contribution in [2.75, 3.05) is 13.7 Å². The van der Waals surface area contributed by atoms with E-state index >= 15 is 0 Å². The number of rotatable bonds is 5. The number of ether oxygens (including phenoxy) is 1. The first-order chi connectivity index (χ1) is 6.74. The number of hydrogen-bond donors (Lipinski definition) is 1. The minimum atomic E-state index is 0.559. The monoisotopic (exact) mass is 256 g/mol. The van der Waals surface area contributed by atoms with Gasteiger partial charge in [0.1, 0.15) is 4.60 Å². The summed E-state index contributed by atoms with van der Waals surface area (Å²) in [5.41, 5.74) is 1.29. The molecule has 0 bridgehead atoms. The number of halogens is 1. The van der Waals surface area contributed by atoms with E-state index in [1.54, 1.807) is 7.11 Å². The van der Waals surface area contributed by atoms with Crippen molar-refractivity contribution < 1.29 is 4.74 Å². The fraction of sp³-hybridized carbons (Fsp3) is 0.400. The number of aromatic nitrogens is 1. The average molecular weight is 257 g/mol. The van der Waals surface area contributed by atoms with Crippen LogP contribution in [0.3, 0.4) is 0 Å². The molecule has 0 saturated heterocycles. The van der Waals surface area contributed by atoms with Crippen molar-refractivity contribution >= 4 is 21.6 Å². The fourth-order valence-electron chi connectivity index (χ4n) is 1.10. The third-order valence-corrected chi connectivity index (χ3v) is 2.24. The van der Waals surface area contributed by atoms with Gasteiger partial charge >= 0.3 is 0 Å². The molecule has 1 rings (SSSR count). The molecule has 76 valence electrons. The van der Waals surface area contributed by atoms with Gasteiger partial charge in [-0.3, -0.25) is 0 Å². The highest BCUT2D eigenvalue weighted by Crippen LogP contribution is 2.08. The summed E-state index contributed by atoms with van der Waals surface area (Å²) in [4.78, 5) is 4.20. The Morgan fingerprint density at radius 2 is 2.36 bits per heavy atom. The second-order valence-electron chi connectivity index (χ2n) is 2.92. The summed E-state index contributed by atoms with van der Waals surface area (Å²) in [7, 11) is 1.67. The molecule has 0 aliphatic carbocycles. The molecule has 0 unspecified atom stereocenters. The summed E-state index contributed by atoms with van der Waals surface area (Å²) in [6.07, 6.45) is 1.57. The minimum absolute atomic E-state index is 0.559. The van der Waals surface area contributed by atoms with Crippen molar-refractivity contribution in [3.05, 3.63) is 28.5 Å². The predicted octanol–water partition coefficient (Wildman–Crippen LogP) is 2.64. The van der Waals surface area contributed by atoms with Crippen LogP contribution in [0.5, 0.6) is 0 Å². The standard InChI is InChI=1S/C10H13BrN2O/c1-14-7-3-4-8(12)9-5-2-6-10(11)13-9/h2,5-6,12H,3-4,7H2,1H3. The summed E-state index contributed by atoms with van der Waals surface area (Å²) in [6.45, 7) is 0.691. The highest BCUT2D eigenvalue weighted by atomic mass is 79.9. The van der Waals surface area contributed by atoms with Gasteiger partial charge in [0.25, 0.3) is 0 Å². The molecule has 1 heterocycles. The molecule has 14 heavy (non-hydrogen) atoms. The van der Waals surface area contributed by atoms with Crippen LogP contribution in [0.1, 0.15) is 18.5 Å². The van der Waals surface area contributed by atoms with Gasteiger partial charge in [0.15, 0.2) is 0 Å². The molecular weight excluding hydrogens is 244 g/mol. The van der Waals surface area contributed by atoms with E-state index in [1.807, 2.05) is 18.2 Å². The van der Waals surface area contributed by atoms with Gasteiger partial charge in [-0.1, -0.05) is 6.07 Å². The number of nitrogens with one attached hydrogen (secondary N) is 1. The van der Waals surface area contributed by atoms with Crippen molar-refractivity contribution in [1.29, 1.82) is 5.41 Å². The Hall–Kier alpha value is -0.740. The van der Waals surface area contributed by atoms with E-state index in [0.717, 1.165) is 16.7 Å². The lowest BCUT2D eigenvalue weighted by atomic mass is 10.1. The van der Waals surface area contributed by atoms with Gasteiger partial charge in [0, 0.05) is 13.7 Å². The highest BCUT2D eigenvalue weighted by molar-refractivity contribution is 9.10. The number of pyridine rings is 1. The zero-order valence-electron chi connectivity index (χ0n) is 8.09. The predicted molar refractivity (Wildman–Crippen MR) is 59.9 cm³/mol. The Morgan fingerprint density at radius 1 is 1.57 bits per heavy atom. The highest BCUT2D eigenvalue weighted by Gasteiger charge is 2.02. The molecule has 0 fully saturated rings. The van der Waals surface area contributed by atoms with E-state index in [-0.39, 0.29) is 0 Å². The van der Waals surface area contributed by atoms with Gasteiger partial charge in [0.2, 0.25) is 0 Å². The average Bonchev–Trinajstić information content (AvgIpc) is 2.18. The molecule has 4 heteroatoms. The molecule has 1 aromatic rings. The van der Waals surface area contributed by atoms with Crippen LogP contribution >= 0.6 is 15.9 Å². The van der Waals surface area contributed by atoms with E-state index in [0.29, 0.717) is 18.7 Å². The summed E-state index contributed by atoms with van der Waals surface area (Å²) in [5, 5.41) is 7.77. The molecular formula is C10H13BrN2O. The van der Waals surface area contributed by atoms with Crippen molar-refractivity contribution in [1.82, 2.24) is 4.98 Å². The van der Waals surface area contributed by atoms with Crippen LogP contribution in [0, 0.1) is 5.41 Å². The molecule has 0 aromatic carbocycles. The second kappa shape index (κ2) is 5.88. The van der Waals surface area contributed by atoms with Crippen molar-refractivity contribution in [3.8, 4) is 0 Å². The number of nitrogens with zero attached hydrogens (tertiary/aromatic N) is 1. The smallest absolute Gasteiger partial charge is 0.106 e. The maximum Gasteiger partial charge on any atom is 0.106 e. The maximum atomic E-state index is 7.77. The maximum absolute atomic E-state index is 7.77. The van der Waals surface area contributed by atoms with Crippen LogP contribution in [0.4, 0.5) is 0 Å². The van der Waals surface area contributed by atoms with Gasteiger partial charge in [-0.2, -0.15) is 0 Å². The lowest BCUT2D eigenvalue weighted by Crippen LogP contribution is -2.03. The van der Waals surface area contributed by atoms with E-state index < -0.39 is 0 Å². The van der Waals surface area contributed by atoms with E-state index in [4.69, 9.17) is 10.1 Å². The van der Waals surface area contributed by atoms with Crippen LogP contribution in [0.15, 0.2) is 22.8 Å². The fourth-order valence-corrected chi connectivity index (χ4v) is 1.44. The topological polar surface area (TPSA) is 46.0 Å². The summed E-state index contributed by atoms with van der Waals surface area (Å²) >= 11 is 3.28. The Morgan fingerprint density at radius 3 is 3.00 bits per heavy atom. The molecule has 0 radical (unpaired) electrons. The number of hydrogen-bond acceptors (Lipinski definition) is 3. The molecule has 0 saturated carbocycles. The SMILES string of the molecule is COCCCC(=N)c1cccc(Br)n1. The van der Waals surface area contributed by atoms with Gasteiger partial charge < -0.3 is 10.1 Å². The van der Waals surface area contributed by atoms with Crippen molar-refractivity contribution in [2.24, 2.45) is 0 Å². The van der Waals surface area contributed by atoms with Crippen molar-refractivity contribution in [2.45, 2.75) is 12.8 Å². The Kier molecular flexibility index (Phi) is 4.76. The van der Waals surface area contributed by atoms with Crippen LogP contribution in [0.25, 0.3) is 0 Å². The van der Waals surface area contributed by atoms with Crippen LogP contribution in [-0.4, -0.2) is 24.4 Å². The number of methoxy groups -OCH3 is 1. The molecule has 0 aliphatic rings. The minimum Gasteiger partial charge on any atom is -0.385 e. The van der Waals surface area contributed by atoms with E-state index in [2.05, 4.69) is 20.9 Å². The second-order valence-corrected chi connectivity index (χ2v) is 3.73. The van der Waals surface area contributed by atoms with Crippen LogP contribution in [0.2, 0.25) is 0 Å². The molecule has 0 spiro atoms. The largest absolute Gasteiger partial charge is 0.385 e. The zero-order chi connectivity index (χ0) is 10.4. The Balaban J connectivity index is 2.52. The molecule has 1 aromatic heterocycles. The first-order valence-electron chi connectivity index (χ1n) is 4.43. The lowest BCUT2D eigenvalue weighted by molar-refractivity contribution is 0.196. The van der Waals surface area contributed by atoms with Crippen LogP contribution in [-0.2, 0) is 4.74 Å². The van der Waals surface area contributed by atoms with Crippen molar-refractivity contribution in [3.63, 3.8) is 0 Å². The van der Waals surface area contributed by atoms with Gasteiger partial charge in [-0.05, 0) is 40.9 Å². The summed E-state index contributed by atoms with van der Waals surface area (Å²) in [6, 6.07) is 5.59.